The average molecular weight is 196 g/mol. The van der Waals surface area contributed by atoms with E-state index in [1.54, 1.807) is 0 Å². The van der Waals surface area contributed by atoms with E-state index in [-0.39, 0.29) is 0 Å². The van der Waals surface area contributed by atoms with Crippen molar-refractivity contribution in [3.8, 4) is 0 Å². The fourth-order valence-electron chi connectivity index (χ4n) is 1.46. The number of nitrogens with zero attached hydrogens (tertiary/aromatic N) is 2. The lowest BCUT2D eigenvalue weighted by Crippen LogP contribution is -2.28. The van der Waals surface area contributed by atoms with Crippen LogP contribution in [-0.2, 0) is 13.6 Å². The SMILES string of the molecule is Cc1cc(CNC(C)CCN)n(C)n1. The summed E-state index contributed by atoms with van der Waals surface area (Å²) in [6.45, 7) is 5.75. The molecule has 0 amide bonds. The van der Waals surface area contributed by atoms with Gasteiger partial charge in [-0.3, -0.25) is 4.68 Å². The Morgan fingerprint density at radius 3 is 2.86 bits per heavy atom. The molecule has 3 N–H and O–H groups in total. The van der Waals surface area contributed by atoms with Crippen LogP contribution in [-0.4, -0.2) is 22.4 Å². The Bertz CT molecular complexity index is 280. The van der Waals surface area contributed by atoms with Crippen LogP contribution < -0.4 is 11.1 Å². The van der Waals surface area contributed by atoms with Crippen molar-refractivity contribution in [1.29, 1.82) is 0 Å². The smallest absolute Gasteiger partial charge is 0.0597 e. The van der Waals surface area contributed by atoms with Gasteiger partial charge in [0.2, 0.25) is 0 Å². The number of hydrogen-bond acceptors (Lipinski definition) is 3. The van der Waals surface area contributed by atoms with Gasteiger partial charge in [0.05, 0.1) is 11.4 Å². The van der Waals surface area contributed by atoms with Crippen LogP contribution in [0.3, 0.4) is 0 Å². The summed E-state index contributed by atoms with van der Waals surface area (Å²) in [6, 6.07) is 2.57. The Morgan fingerprint density at radius 2 is 2.36 bits per heavy atom. The highest BCUT2D eigenvalue weighted by Gasteiger charge is 2.04. The molecular weight excluding hydrogens is 176 g/mol. The molecule has 1 heterocycles. The third kappa shape index (κ3) is 3.12. The molecule has 0 saturated carbocycles. The molecule has 1 aromatic rings. The first kappa shape index (κ1) is 11.2. The molecule has 0 saturated heterocycles. The van der Waals surface area contributed by atoms with Crippen LogP contribution >= 0.6 is 0 Å². The van der Waals surface area contributed by atoms with E-state index in [1.807, 2.05) is 18.7 Å². The Hall–Kier alpha value is -0.870. The van der Waals surface area contributed by atoms with Gasteiger partial charge in [0.1, 0.15) is 0 Å². The first-order valence-corrected chi connectivity index (χ1v) is 5.06. The van der Waals surface area contributed by atoms with Gasteiger partial charge < -0.3 is 11.1 Å². The minimum atomic E-state index is 0.468. The molecule has 0 aromatic carbocycles. The monoisotopic (exact) mass is 196 g/mol. The maximum atomic E-state index is 5.47. The second-order valence-electron chi connectivity index (χ2n) is 3.76. The first-order valence-electron chi connectivity index (χ1n) is 5.06. The van der Waals surface area contributed by atoms with E-state index >= 15 is 0 Å². The minimum absolute atomic E-state index is 0.468. The van der Waals surface area contributed by atoms with Crippen molar-refractivity contribution < 1.29 is 0 Å². The van der Waals surface area contributed by atoms with Crippen LogP contribution in [0, 0.1) is 6.92 Å². The number of hydrogen-bond donors (Lipinski definition) is 2. The summed E-state index contributed by atoms with van der Waals surface area (Å²) >= 11 is 0. The Morgan fingerprint density at radius 1 is 1.64 bits per heavy atom. The van der Waals surface area contributed by atoms with Gasteiger partial charge in [-0.25, -0.2) is 0 Å². The lowest BCUT2D eigenvalue weighted by atomic mass is 10.2. The van der Waals surface area contributed by atoms with Crippen molar-refractivity contribution in [2.45, 2.75) is 32.9 Å². The van der Waals surface area contributed by atoms with Crippen LogP contribution in [0.1, 0.15) is 24.7 Å². The van der Waals surface area contributed by atoms with Gasteiger partial charge in [-0.2, -0.15) is 5.10 Å². The molecule has 4 nitrogen and oxygen atoms in total. The van der Waals surface area contributed by atoms with E-state index in [2.05, 4.69) is 23.4 Å². The highest BCUT2D eigenvalue weighted by Crippen LogP contribution is 2.01. The van der Waals surface area contributed by atoms with Gasteiger partial charge in [-0.05, 0) is 32.9 Å². The van der Waals surface area contributed by atoms with Crippen LogP contribution in [0.2, 0.25) is 0 Å². The van der Waals surface area contributed by atoms with Crippen molar-refractivity contribution in [2.75, 3.05) is 6.54 Å². The van der Waals surface area contributed by atoms with Crippen LogP contribution in [0.25, 0.3) is 0 Å². The highest BCUT2D eigenvalue weighted by molar-refractivity contribution is 5.08. The Labute approximate surface area is 85.5 Å². The number of nitrogens with two attached hydrogens (primary N) is 1. The molecule has 0 spiro atoms. The number of aryl methyl sites for hydroxylation is 2. The molecule has 1 aromatic heterocycles. The molecule has 80 valence electrons. The topological polar surface area (TPSA) is 55.9 Å². The zero-order valence-corrected chi connectivity index (χ0v) is 9.25. The summed E-state index contributed by atoms with van der Waals surface area (Å²) in [5.74, 6) is 0. The summed E-state index contributed by atoms with van der Waals surface area (Å²) < 4.78 is 1.91. The zero-order chi connectivity index (χ0) is 10.6. The molecule has 1 unspecified atom stereocenters. The fraction of sp³-hybridized carbons (Fsp3) is 0.700. The molecule has 0 fully saturated rings. The van der Waals surface area contributed by atoms with Gasteiger partial charge in [0, 0.05) is 19.6 Å². The predicted molar refractivity (Wildman–Crippen MR) is 57.9 cm³/mol. The maximum absolute atomic E-state index is 5.47. The summed E-state index contributed by atoms with van der Waals surface area (Å²) in [5.41, 5.74) is 7.75. The molecule has 4 heteroatoms. The van der Waals surface area contributed by atoms with Gasteiger partial charge in [-0.15, -0.1) is 0 Å². The van der Waals surface area contributed by atoms with Crippen LogP contribution in [0.5, 0.6) is 0 Å². The van der Waals surface area contributed by atoms with Gasteiger partial charge in [-0.1, -0.05) is 0 Å². The van der Waals surface area contributed by atoms with Crippen LogP contribution in [0.4, 0.5) is 0 Å². The van der Waals surface area contributed by atoms with E-state index < -0.39 is 0 Å². The molecule has 1 rings (SSSR count). The summed E-state index contributed by atoms with van der Waals surface area (Å²) in [7, 11) is 1.97. The standard InChI is InChI=1S/C10H20N4/c1-8(4-5-11)12-7-10-6-9(2)13-14(10)3/h6,8,12H,4-5,7,11H2,1-3H3. The highest BCUT2D eigenvalue weighted by atomic mass is 15.3. The van der Waals surface area contributed by atoms with E-state index in [9.17, 15) is 0 Å². The second kappa shape index (κ2) is 5.12. The van der Waals surface area contributed by atoms with Gasteiger partial charge >= 0.3 is 0 Å². The van der Waals surface area contributed by atoms with E-state index in [4.69, 9.17) is 5.73 Å². The predicted octanol–water partition coefficient (Wildman–Crippen LogP) is 0.555. The summed E-state index contributed by atoms with van der Waals surface area (Å²) in [4.78, 5) is 0. The molecule has 14 heavy (non-hydrogen) atoms. The number of nitrogens with one attached hydrogen (secondary N) is 1. The van der Waals surface area contributed by atoms with Crippen LogP contribution in [0.15, 0.2) is 6.07 Å². The molecule has 0 aliphatic heterocycles. The quantitative estimate of drug-likeness (QED) is 0.723. The Balaban J connectivity index is 2.41. The largest absolute Gasteiger partial charge is 0.330 e. The molecular formula is C10H20N4. The van der Waals surface area contributed by atoms with Crippen molar-refractivity contribution in [3.05, 3.63) is 17.5 Å². The van der Waals surface area contributed by atoms with E-state index in [1.165, 1.54) is 5.69 Å². The number of rotatable bonds is 5. The lowest BCUT2D eigenvalue weighted by Gasteiger charge is -2.12. The van der Waals surface area contributed by atoms with Crippen molar-refractivity contribution in [1.82, 2.24) is 15.1 Å². The second-order valence-corrected chi connectivity index (χ2v) is 3.76. The lowest BCUT2D eigenvalue weighted by molar-refractivity contribution is 0.504. The molecule has 1 atom stereocenters. The maximum Gasteiger partial charge on any atom is 0.0597 e. The van der Waals surface area contributed by atoms with Gasteiger partial charge in [0.25, 0.3) is 0 Å². The zero-order valence-electron chi connectivity index (χ0n) is 9.25. The summed E-state index contributed by atoms with van der Waals surface area (Å²) in [6.07, 6.45) is 1.01. The van der Waals surface area contributed by atoms with Crippen molar-refractivity contribution in [2.24, 2.45) is 12.8 Å². The summed E-state index contributed by atoms with van der Waals surface area (Å²) in [5, 5.41) is 7.70. The average Bonchev–Trinajstić information content (AvgIpc) is 2.42. The normalized spacial score (nSPS) is 13.1. The molecule has 0 aliphatic rings. The molecule has 0 radical (unpaired) electrons. The third-order valence-corrected chi connectivity index (χ3v) is 2.33. The third-order valence-electron chi connectivity index (χ3n) is 2.33. The molecule has 0 bridgehead atoms. The van der Waals surface area contributed by atoms with E-state index in [0.29, 0.717) is 6.04 Å². The van der Waals surface area contributed by atoms with Crippen molar-refractivity contribution >= 4 is 0 Å². The van der Waals surface area contributed by atoms with E-state index in [0.717, 1.165) is 25.2 Å². The van der Waals surface area contributed by atoms with Crippen molar-refractivity contribution in [3.63, 3.8) is 0 Å². The Kier molecular flexibility index (Phi) is 4.10. The molecule has 0 aliphatic carbocycles. The minimum Gasteiger partial charge on any atom is -0.330 e. The fourth-order valence-corrected chi connectivity index (χ4v) is 1.46. The number of aromatic nitrogens is 2. The first-order chi connectivity index (χ1) is 6.63. The van der Waals surface area contributed by atoms with Gasteiger partial charge in [0.15, 0.2) is 0 Å².